The Hall–Kier alpha value is -3.16. The van der Waals surface area contributed by atoms with E-state index in [1.165, 1.54) is 17.0 Å². The summed E-state index contributed by atoms with van der Waals surface area (Å²) in [7, 11) is 0. The largest absolute Gasteiger partial charge is 0.508 e. The summed E-state index contributed by atoms with van der Waals surface area (Å²) >= 11 is 0. The van der Waals surface area contributed by atoms with E-state index in [9.17, 15) is 28.6 Å². The number of benzene rings is 2. The Labute approximate surface area is 154 Å². The van der Waals surface area contributed by atoms with Crippen LogP contribution in [0.4, 0.5) is 8.78 Å². The summed E-state index contributed by atoms with van der Waals surface area (Å²) in [6.45, 7) is 0.623. The number of rotatable bonds is 3. The van der Waals surface area contributed by atoms with E-state index in [0.717, 1.165) is 18.2 Å². The summed E-state index contributed by atoms with van der Waals surface area (Å²) in [6, 6.07) is 6.23. The summed E-state index contributed by atoms with van der Waals surface area (Å²) in [5, 5.41) is 21.7. The number of phenolic OH excluding ortho intramolecular Hbond substituents is 2. The lowest BCUT2D eigenvalue weighted by atomic mass is 10.0. The van der Waals surface area contributed by atoms with Gasteiger partial charge >= 0.3 is 0 Å². The molecule has 0 radical (unpaired) electrons. The van der Waals surface area contributed by atoms with Crippen LogP contribution in [0, 0.1) is 11.6 Å². The minimum absolute atomic E-state index is 0.124. The molecule has 2 amide bonds. The molecule has 0 bridgehead atoms. The number of amides is 2. The summed E-state index contributed by atoms with van der Waals surface area (Å²) in [4.78, 5) is 26.1. The Bertz CT molecular complexity index is 860. The normalized spacial score (nSPS) is 14.8. The molecule has 6 nitrogen and oxygen atoms in total. The van der Waals surface area contributed by atoms with Crippen molar-refractivity contribution in [3.63, 3.8) is 0 Å². The molecular weight excluding hydrogens is 358 g/mol. The fraction of sp³-hybridized carbons (Fsp3) is 0.263. The van der Waals surface area contributed by atoms with Crippen LogP contribution in [-0.2, 0) is 0 Å². The van der Waals surface area contributed by atoms with Gasteiger partial charge in [-0.05, 0) is 37.1 Å². The van der Waals surface area contributed by atoms with E-state index in [1.807, 2.05) is 0 Å². The third kappa shape index (κ3) is 4.33. The Morgan fingerprint density at radius 1 is 1.00 bits per heavy atom. The van der Waals surface area contributed by atoms with E-state index in [0.29, 0.717) is 32.0 Å². The SMILES string of the molecule is O=C(NC1CCN(C(=O)c2ccc(F)cc2F)CC1)c1cc(O)cc(O)c1. The number of halogens is 2. The van der Waals surface area contributed by atoms with Crippen LogP contribution in [0.5, 0.6) is 11.5 Å². The van der Waals surface area contributed by atoms with Gasteiger partial charge in [0, 0.05) is 36.8 Å². The zero-order valence-electron chi connectivity index (χ0n) is 14.3. The van der Waals surface area contributed by atoms with Gasteiger partial charge in [-0.1, -0.05) is 0 Å². The van der Waals surface area contributed by atoms with E-state index in [-0.39, 0.29) is 28.7 Å². The number of likely N-dealkylation sites (tertiary alicyclic amines) is 1. The molecule has 1 fully saturated rings. The second kappa shape index (κ2) is 7.61. The van der Waals surface area contributed by atoms with Crippen molar-refractivity contribution in [3.05, 3.63) is 59.2 Å². The molecule has 1 heterocycles. The van der Waals surface area contributed by atoms with Crippen LogP contribution in [-0.4, -0.2) is 46.1 Å². The van der Waals surface area contributed by atoms with Gasteiger partial charge < -0.3 is 20.4 Å². The number of aromatic hydroxyl groups is 2. The van der Waals surface area contributed by atoms with Gasteiger partial charge in [-0.25, -0.2) is 8.78 Å². The van der Waals surface area contributed by atoms with Crippen molar-refractivity contribution in [1.29, 1.82) is 0 Å². The third-order valence-electron chi connectivity index (χ3n) is 4.44. The zero-order chi connectivity index (χ0) is 19.6. The number of carbonyl (C=O) groups excluding carboxylic acids is 2. The Morgan fingerprint density at radius 2 is 1.63 bits per heavy atom. The van der Waals surface area contributed by atoms with Crippen molar-refractivity contribution in [1.82, 2.24) is 10.2 Å². The maximum atomic E-state index is 13.8. The van der Waals surface area contributed by atoms with Crippen LogP contribution >= 0.6 is 0 Å². The highest BCUT2D eigenvalue weighted by Crippen LogP contribution is 2.21. The number of carbonyl (C=O) groups is 2. The van der Waals surface area contributed by atoms with Gasteiger partial charge in [-0.2, -0.15) is 0 Å². The highest BCUT2D eigenvalue weighted by Gasteiger charge is 2.26. The van der Waals surface area contributed by atoms with Crippen molar-refractivity contribution >= 4 is 11.8 Å². The molecule has 2 aromatic rings. The first-order valence-electron chi connectivity index (χ1n) is 8.41. The standard InChI is InChI=1S/C19H18F2N2O4/c20-12-1-2-16(17(21)9-12)19(27)23-5-3-13(4-6-23)22-18(26)11-7-14(24)10-15(25)8-11/h1-2,7-10,13,24-25H,3-6H2,(H,22,26). The van der Waals surface area contributed by atoms with Crippen LogP contribution in [0.1, 0.15) is 33.6 Å². The van der Waals surface area contributed by atoms with Crippen LogP contribution in [0.3, 0.4) is 0 Å². The molecule has 0 saturated carbocycles. The van der Waals surface area contributed by atoms with E-state index < -0.39 is 23.4 Å². The smallest absolute Gasteiger partial charge is 0.256 e. The first-order chi connectivity index (χ1) is 12.8. The highest BCUT2D eigenvalue weighted by molar-refractivity contribution is 5.95. The van der Waals surface area contributed by atoms with Gasteiger partial charge in [-0.15, -0.1) is 0 Å². The molecule has 3 rings (SSSR count). The van der Waals surface area contributed by atoms with E-state index in [1.54, 1.807) is 0 Å². The topological polar surface area (TPSA) is 89.9 Å². The van der Waals surface area contributed by atoms with Gasteiger partial charge in [-0.3, -0.25) is 9.59 Å². The monoisotopic (exact) mass is 376 g/mol. The molecule has 0 aromatic heterocycles. The fourth-order valence-electron chi connectivity index (χ4n) is 3.06. The maximum absolute atomic E-state index is 13.8. The third-order valence-corrected chi connectivity index (χ3v) is 4.44. The number of nitrogens with one attached hydrogen (secondary N) is 1. The van der Waals surface area contributed by atoms with E-state index in [4.69, 9.17) is 0 Å². The van der Waals surface area contributed by atoms with Gasteiger partial charge in [0.15, 0.2) is 0 Å². The van der Waals surface area contributed by atoms with Gasteiger partial charge in [0.2, 0.25) is 0 Å². The molecule has 0 unspecified atom stereocenters. The Balaban J connectivity index is 1.58. The lowest BCUT2D eigenvalue weighted by Gasteiger charge is -2.32. The number of phenols is 2. The van der Waals surface area contributed by atoms with Gasteiger partial charge in [0.05, 0.1) is 5.56 Å². The minimum Gasteiger partial charge on any atom is -0.508 e. The second-order valence-corrected chi connectivity index (χ2v) is 6.40. The van der Waals surface area contributed by atoms with Crippen LogP contribution in [0.25, 0.3) is 0 Å². The zero-order valence-corrected chi connectivity index (χ0v) is 14.3. The summed E-state index contributed by atoms with van der Waals surface area (Å²) in [5.41, 5.74) is -0.0616. The van der Waals surface area contributed by atoms with Gasteiger partial charge in [0.25, 0.3) is 11.8 Å². The van der Waals surface area contributed by atoms with Crippen molar-refractivity contribution in [2.75, 3.05) is 13.1 Å². The van der Waals surface area contributed by atoms with E-state index in [2.05, 4.69) is 5.32 Å². The van der Waals surface area contributed by atoms with Crippen LogP contribution < -0.4 is 5.32 Å². The van der Waals surface area contributed by atoms with Crippen molar-refractivity contribution in [2.45, 2.75) is 18.9 Å². The molecule has 1 saturated heterocycles. The number of hydrogen-bond acceptors (Lipinski definition) is 4. The van der Waals surface area contributed by atoms with Crippen LogP contribution in [0.2, 0.25) is 0 Å². The predicted octanol–water partition coefficient (Wildman–Crippen LogP) is 2.41. The first kappa shape index (κ1) is 18.6. The molecule has 2 aromatic carbocycles. The number of nitrogens with zero attached hydrogens (tertiary/aromatic N) is 1. The first-order valence-corrected chi connectivity index (χ1v) is 8.41. The maximum Gasteiger partial charge on any atom is 0.256 e. The quantitative estimate of drug-likeness (QED) is 0.767. The fourth-order valence-corrected chi connectivity index (χ4v) is 3.06. The molecule has 27 heavy (non-hydrogen) atoms. The number of hydrogen-bond donors (Lipinski definition) is 3. The molecule has 1 aliphatic rings. The molecule has 0 spiro atoms. The summed E-state index contributed by atoms with van der Waals surface area (Å²) in [5.74, 6) is -3.06. The number of piperidine rings is 1. The predicted molar refractivity (Wildman–Crippen MR) is 92.5 cm³/mol. The average Bonchev–Trinajstić information content (AvgIpc) is 2.61. The van der Waals surface area contributed by atoms with Crippen molar-refractivity contribution in [3.8, 4) is 11.5 Å². The van der Waals surface area contributed by atoms with Crippen molar-refractivity contribution in [2.24, 2.45) is 0 Å². The lowest BCUT2D eigenvalue weighted by molar-refractivity contribution is 0.0693. The molecule has 142 valence electrons. The highest BCUT2D eigenvalue weighted by atomic mass is 19.1. The lowest BCUT2D eigenvalue weighted by Crippen LogP contribution is -2.46. The Kier molecular flexibility index (Phi) is 5.25. The van der Waals surface area contributed by atoms with Crippen molar-refractivity contribution < 1.29 is 28.6 Å². The second-order valence-electron chi connectivity index (χ2n) is 6.40. The van der Waals surface area contributed by atoms with Gasteiger partial charge in [0.1, 0.15) is 23.1 Å². The van der Waals surface area contributed by atoms with E-state index >= 15 is 0 Å². The molecule has 1 aliphatic heterocycles. The molecule has 8 heteroatoms. The summed E-state index contributed by atoms with van der Waals surface area (Å²) < 4.78 is 26.8. The average molecular weight is 376 g/mol. The summed E-state index contributed by atoms with van der Waals surface area (Å²) in [6.07, 6.45) is 0.927. The molecule has 0 atom stereocenters. The minimum atomic E-state index is -0.904. The molecule has 0 aliphatic carbocycles. The van der Waals surface area contributed by atoms with Crippen LogP contribution in [0.15, 0.2) is 36.4 Å². The Morgan fingerprint density at radius 3 is 2.22 bits per heavy atom. The molecule has 3 N–H and O–H groups in total. The molecular formula is C19H18F2N2O4.